The molecule has 1 unspecified atom stereocenters. The molecule has 1 aliphatic rings. The molecule has 0 aliphatic carbocycles. The number of quaternary nitrogens is 1. The molecule has 5 heteroatoms. The first kappa shape index (κ1) is 30.6. The lowest BCUT2D eigenvalue weighted by Crippen LogP contribution is -2.52. The van der Waals surface area contributed by atoms with Crippen LogP contribution in [0, 0.1) is 0 Å². The molecule has 0 fully saturated rings. The van der Waals surface area contributed by atoms with Crippen LogP contribution in [0.5, 0.6) is 0 Å². The molecule has 0 radical (unpaired) electrons. The molecule has 1 heterocycles. The molecule has 0 saturated carbocycles. The van der Waals surface area contributed by atoms with Crippen LogP contribution in [0.15, 0.2) is 29.5 Å². The van der Waals surface area contributed by atoms with Crippen molar-refractivity contribution in [1.29, 1.82) is 0 Å². The summed E-state index contributed by atoms with van der Waals surface area (Å²) < 4.78 is 0.305. The fourth-order valence-corrected chi connectivity index (χ4v) is 4.87. The highest BCUT2D eigenvalue weighted by Crippen LogP contribution is 2.21. The molecule has 196 valence electrons. The van der Waals surface area contributed by atoms with Gasteiger partial charge in [0.2, 0.25) is 5.84 Å². The summed E-state index contributed by atoms with van der Waals surface area (Å²) in [5, 5.41) is 9.28. The Morgan fingerprint density at radius 1 is 0.853 bits per heavy atom. The minimum Gasteiger partial charge on any atom is -0.477 e. The number of aliphatic imine (C=N–C) groups is 1. The second-order valence-corrected chi connectivity index (χ2v) is 10.0. The number of amidine groups is 1. The predicted molar refractivity (Wildman–Crippen MR) is 146 cm³/mol. The van der Waals surface area contributed by atoms with Crippen molar-refractivity contribution in [3.05, 3.63) is 24.6 Å². The van der Waals surface area contributed by atoms with Crippen molar-refractivity contribution in [1.82, 2.24) is 0 Å². The van der Waals surface area contributed by atoms with Crippen molar-refractivity contribution in [2.24, 2.45) is 10.7 Å². The van der Waals surface area contributed by atoms with Crippen molar-refractivity contribution in [3.8, 4) is 0 Å². The second-order valence-electron chi connectivity index (χ2n) is 10.0. The Kier molecular flexibility index (Phi) is 18.8. The number of aliphatic carboxylic acids is 1. The number of hydrogen-bond donors (Lipinski definition) is 2. The van der Waals surface area contributed by atoms with Gasteiger partial charge in [0, 0.05) is 13.0 Å². The van der Waals surface area contributed by atoms with Gasteiger partial charge in [-0.2, -0.15) is 0 Å². The summed E-state index contributed by atoms with van der Waals surface area (Å²) >= 11 is 0. The summed E-state index contributed by atoms with van der Waals surface area (Å²) in [7, 11) is 0. The quantitative estimate of drug-likeness (QED) is 0.0850. The lowest BCUT2D eigenvalue weighted by atomic mass is 10.1. The Balaban J connectivity index is 1.91. The van der Waals surface area contributed by atoms with Crippen LogP contribution in [0.25, 0.3) is 0 Å². The summed E-state index contributed by atoms with van der Waals surface area (Å²) in [6.45, 7) is 3.39. The Hall–Kier alpha value is -1.46. The average molecular weight is 477 g/mol. The molecule has 0 aromatic heterocycles. The Morgan fingerprint density at radius 2 is 1.35 bits per heavy atom. The predicted octanol–water partition coefficient (Wildman–Crippen LogP) is 7.72. The van der Waals surface area contributed by atoms with E-state index in [4.69, 9.17) is 5.73 Å². The van der Waals surface area contributed by atoms with Crippen LogP contribution < -0.4 is 5.73 Å². The lowest BCUT2D eigenvalue weighted by Gasteiger charge is -2.30. The van der Waals surface area contributed by atoms with Crippen LogP contribution in [0.3, 0.4) is 0 Å². The minimum atomic E-state index is -0.799. The van der Waals surface area contributed by atoms with E-state index in [1.54, 1.807) is 6.20 Å². The van der Waals surface area contributed by atoms with E-state index in [9.17, 15) is 9.90 Å². The van der Waals surface area contributed by atoms with Gasteiger partial charge in [-0.15, -0.1) is 0 Å². The number of rotatable bonds is 24. The minimum absolute atomic E-state index is 0.0426. The molecule has 0 saturated heterocycles. The van der Waals surface area contributed by atoms with Crippen molar-refractivity contribution >= 4 is 11.8 Å². The van der Waals surface area contributed by atoms with Gasteiger partial charge in [0.15, 0.2) is 6.54 Å². The van der Waals surface area contributed by atoms with Gasteiger partial charge in [-0.1, -0.05) is 103 Å². The smallest absolute Gasteiger partial charge is 0.360 e. The zero-order valence-electron chi connectivity index (χ0n) is 22.2. The van der Waals surface area contributed by atoms with Crippen molar-refractivity contribution in [3.63, 3.8) is 0 Å². The molecule has 1 rings (SSSR count). The number of nitrogens with zero attached hydrogens (tertiary/aromatic N) is 2. The van der Waals surface area contributed by atoms with E-state index in [2.05, 4.69) is 24.1 Å². The lowest BCUT2D eigenvalue weighted by molar-refractivity contribution is -0.778. The van der Waals surface area contributed by atoms with Crippen LogP contribution in [0.4, 0.5) is 0 Å². The van der Waals surface area contributed by atoms with Crippen LogP contribution >= 0.6 is 0 Å². The number of carbonyl (C=O) groups is 1. The van der Waals surface area contributed by atoms with Crippen molar-refractivity contribution < 1.29 is 14.4 Å². The number of nitrogens with two attached hydrogens (primary N) is 1. The number of carboxylic acid groups (broad SMARTS) is 1. The van der Waals surface area contributed by atoms with Gasteiger partial charge in [0.05, 0.1) is 6.20 Å². The summed E-state index contributed by atoms with van der Waals surface area (Å²) in [5.74, 6) is 0.162. The number of unbranched alkanes of at least 4 members (excludes halogenated alkanes) is 16. The molecule has 3 N–H and O–H groups in total. The highest BCUT2D eigenvalue weighted by molar-refractivity contribution is 5.81. The molecule has 0 bridgehead atoms. The van der Waals surface area contributed by atoms with Crippen LogP contribution in [0.2, 0.25) is 0 Å². The zero-order valence-corrected chi connectivity index (χ0v) is 22.2. The maximum absolute atomic E-state index is 11.3. The van der Waals surface area contributed by atoms with Gasteiger partial charge in [-0.05, 0) is 32.1 Å². The van der Waals surface area contributed by atoms with E-state index in [1.165, 1.54) is 109 Å². The first-order chi connectivity index (χ1) is 16.6. The average Bonchev–Trinajstić information content (AvgIpc) is 3.19. The van der Waals surface area contributed by atoms with Crippen LogP contribution in [-0.4, -0.2) is 41.0 Å². The number of allylic oxidation sites excluding steroid dienone is 2. The topological polar surface area (TPSA) is 75.7 Å². The number of carboxylic acids is 1. The molecular weight excluding hydrogens is 422 g/mol. The van der Waals surface area contributed by atoms with E-state index in [-0.39, 0.29) is 6.54 Å². The van der Waals surface area contributed by atoms with E-state index in [1.807, 2.05) is 6.20 Å². The summed E-state index contributed by atoms with van der Waals surface area (Å²) in [4.78, 5) is 15.8. The van der Waals surface area contributed by atoms with Crippen LogP contribution in [-0.2, 0) is 4.79 Å². The molecule has 0 amide bonds. The number of hydrogen-bond acceptors (Lipinski definition) is 3. The first-order valence-corrected chi connectivity index (χ1v) is 14.3. The fourth-order valence-electron chi connectivity index (χ4n) is 4.87. The molecule has 1 aliphatic heterocycles. The third-order valence-corrected chi connectivity index (χ3v) is 6.95. The molecule has 34 heavy (non-hydrogen) atoms. The SMILES string of the molecule is CCCCCCCCCC/C=C/CCCCCCCCCCC1=NC=C[N+]1(CCN)CC(=O)O. The normalized spacial score (nSPS) is 17.6. The van der Waals surface area contributed by atoms with Gasteiger partial charge in [-0.3, -0.25) is 0 Å². The molecule has 0 aromatic carbocycles. The van der Waals surface area contributed by atoms with Gasteiger partial charge < -0.3 is 10.8 Å². The monoisotopic (exact) mass is 476 g/mol. The van der Waals surface area contributed by atoms with Gasteiger partial charge in [-0.25, -0.2) is 14.3 Å². The second kappa shape index (κ2) is 20.9. The first-order valence-electron chi connectivity index (χ1n) is 14.3. The molecule has 1 atom stereocenters. The third-order valence-electron chi connectivity index (χ3n) is 6.95. The van der Waals surface area contributed by atoms with E-state index in [0.29, 0.717) is 17.6 Å². The highest BCUT2D eigenvalue weighted by Gasteiger charge is 2.36. The highest BCUT2D eigenvalue weighted by atomic mass is 16.4. The Labute approximate surface area is 210 Å². The van der Waals surface area contributed by atoms with E-state index >= 15 is 0 Å². The van der Waals surface area contributed by atoms with Gasteiger partial charge in [0.1, 0.15) is 12.7 Å². The van der Waals surface area contributed by atoms with E-state index in [0.717, 1.165) is 18.7 Å². The standard InChI is InChI=1S/C29H53N3O2/c1-2-3-4-5-6-7-8-9-10-11-12-13-14-15-16-17-18-19-20-21-22-28-31-24-26-32(28,25-23-30)27-29(33)34/h11-12,24,26H,2-10,13-23,25,27,30H2,1H3/p+1/b12-11+. The Morgan fingerprint density at radius 3 is 1.85 bits per heavy atom. The third kappa shape index (κ3) is 14.7. The Bertz CT molecular complexity index is 600. The molecular formula is C29H54N3O2+. The van der Waals surface area contributed by atoms with Gasteiger partial charge >= 0.3 is 5.97 Å². The molecule has 5 nitrogen and oxygen atoms in total. The maximum Gasteiger partial charge on any atom is 0.360 e. The molecule has 0 aromatic rings. The fraction of sp³-hybridized carbons (Fsp3) is 0.793. The zero-order chi connectivity index (χ0) is 24.7. The maximum atomic E-state index is 11.3. The largest absolute Gasteiger partial charge is 0.477 e. The van der Waals surface area contributed by atoms with Gasteiger partial charge in [0.25, 0.3) is 0 Å². The summed E-state index contributed by atoms with van der Waals surface area (Å²) in [6, 6.07) is 0. The summed E-state index contributed by atoms with van der Waals surface area (Å²) in [5.41, 5.74) is 5.74. The van der Waals surface area contributed by atoms with E-state index < -0.39 is 5.97 Å². The molecule has 0 spiro atoms. The summed E-state index contributed by atoms with van der Waals surface area (Å²) in [6.07, 6.45) is 33.2. The van der Waals surface area contributed by atoms with Crippen molar-refractivity contribution in [2.45, 2.75) is 129 Å². The van der Waals surface area contributed by atoms with Crippen LogP contribution in [0.1, 0.15) is 129 Å². The van der Waals surface area contributed by atoms with Crippen molar-refractivity contribution in [2.75, 3.05) is 19.6 Å².